The Bertz CT molecular complexity index is 2680. The molecule has 0 unspecified atom stereocenters. The van der Waals surface area contributed by atoms with Crippen LogP contribution in [0.25, 0.3) is 10.8 Å². The number of phenolic OH excluding ortho intramolecular Hbond substituents is 2. The number of carbonyl (C=O) groups excluding carboxylic acids is 3. The highest BCUT2D eigenvalue weighted by molar-refractivity contribution is 7.95. The maximum absolute atomic E-state index is 12.4. The van der Waals surface area contributed by atoms with E-state index < -0.39 is 109 Å². The molecular formula is C26H17N9O19S4. The number of imide groups is 2. The van der Waals surface area contributed by atoms with Gasteiger partial charge in [-0.15, -0.1) is 29.1 Å². The second-order valence-electron chi connectivity index (χ2n) is 10.5. The Morgan fingerprint density at radius 3 is 1.88 bits per heavy atom. The zero-order chi connectivity index (χ0) is 42.5. The molecule has 4 amide bonds. The van der Waals surface area contributed by atoms with Gasteiger partial charge in [-0.1, -0.05) is 10.1 Å². The molecule has 1 fully saturated rings. The molecule has 1 saturated heterocycles. The summed E-state index contributed by atoms with van der Waals surface area (Å²) in [7, 11) is -10.5. The molecule has 4 aromatic carbocycles. The predicted molar refractivity (Wildman–Crippen MR) is 186 cm³/mol. The molecule has 5 rings (SSSR count). The summed E-state index contributed by atoms with van der Waals surface area (Å²) in [4.78, 5) is 42.8. The number of phenols is 2. The van der Waals surface area contributed by atoms with Crippen LogP contribution in [-0.2, 0) is 48.6 Å². The summed E-state index contributed by atoms with van der Waals surface area (Å²) in [6.07, 6.45) is 0. The maximum atomic E-state index is 12.4. The Morgan fingerprint density at radius 2 is 1.28 bits per heavy atom. The van der Waals surface area contributed by atoms with Gasteiger partial charge in [-0.25, -0.2) is 15.3 Å². The average molecular weight is 888 g/mol. The van der Waals surface area contributed by atoms with E-state index in [0.29, 0.717) is 12.1 Å². The second-order valence-corrected chi connectivity index (χ2v) is 14.8. The molecule has 32 heteroatoms. The van der Waals surface area contributed by atoms with Crippen molar-refractivity contribution in [3.63, 3.8) is 0 Å². The number of nitrogens with one attached hydrogen (secondary N) is 2. The smallest absolute Gasteiger partial charge is 0.328 e. The third-order valence-corrected chi connectivity index (χ3v) is 9.99. The number of amides is 4. The Kier molecular flexibility index (Phi) is 13.0. The summed E-state index contributed by atoms with van der Waals surface area (Å²) in [5, 5.41) is 82.6. The fraction of sp³-hybridized carbons (Fsp3) is 0.0385. The van der Waals surface area contributed by atoms with E-state index in [4.69, 9.17) is 10.5 Å². The first-order valence-corrected chi connectivity index (χ1v) is 18.8. The summed E-state index contributed by atoms with van der Waals surface area (Å²) >= 11 is 0.283. The van der Waals surface area contributed by atoms with E-state index in [-0.39, 0.29) is 40.4 Å². The summed E-state index contributed by atoms with van der Waals surface area (Å²) in [5.41, 5.74) is -3.62. The van der Waals surface area contributed by atoms with Crippen LogP contribution in [0.5, 0.6) is 11.5 Å². The number of carbonyl (C=O) groups is 3. The highest BCUT2D eigenvalue weighted by Crippen LogP contribution is 2.51. The van der Waals surface area contributed by atoms with Gasteiger partial charge < -0.3 is 10.2 Å². The molecule has 8 N–H and O–H groups in total. The van der Waals surface area contributed by atoms with E-state index in [1.807, 2.05) is 0 Å². The fourth-order valence-electron chi connectivity index (χ4n) is 4.59. The second kappa shape index (κ2) is 17.5. The minimum atomic E-state index is -5.29. The van der Waals surface area contributed by atoms with E-state index in [0.717, 1.165) is 36.4 Å². The maximum Gasteiger partial charge on any atom is 0.328 e. The molecule has 28 nitrogen and oxygen atoms in total. The van der Waals surface area contributed by atoms with Crippen molar-refractivity contribution in [2.24, 2.45) is 30.7 Å². The number of barbiturate groups is 1. The molecule has 0 radical (unpaired) electrons. The molecule has 4 aromatic rings. The highest BCUT2D eigenvalue weighted by Gasteiger charge is 2.34. The lowest BCUT2D eigenvalue weighted by Gasteiger charge is -2.16. The molecule has 0 saturated carbocycles. The minimum absolute atomic E-state index is 0.0931. The van der Waals surface area contributed by atoms with Gasteiger partial charge in [0.15, 0.2) is 11.5 Å². The normalized spacial score (nSPS) is 14.2. The van der Waals surface area contributed by atoms with E-state index in [2.05, 4.69) is 49.4 Å². The van der Waals surface area contributed by atoms with Crippen molar-refractivity contribution in [3.05, 3.63) is 58.6 Å². The Morgan fingerprint density at radius 1 is 0.707 bits per heavy atom. The number of benzene rings is 4. The zero-order valence-electron chi connectivity index (χ0n) is 27.5. The largest absolute Gasteiger partial charge is 0.505 e. The van der Waals surface area contributed by atoms with Crippen LogP contribution in [0.2, 0.25) is 0 Å². The average Bonchev–Trinajstić information content (AvgIpc) is 3.14. The van der Waals surface area contributed by atoms with Gasteiger partial charge in [0.25, 0.3) is 37.7 Å². The van der Waals surface area contributed by atoms with Crippen molar-refractivity contribution < 1.29 is 84.7 Å². The number of azo groups is 3. The lowest BCUT2D eigenvalue weighted by atomic mass is 10.1. The van der Waals surface area contributed by atoms with Crippen molar-refractivity contribution in [3.8, 4) is 11.5 Å². The van der Waals surface area contributed by atoms with E-state index in [1.54, 1.807) is 10.6 Å². The summed E-state index contributed by atoms with van der Waals surface area (Å²) < 4.78 is 78.1. The van der Waals surface area contributed by atoms with Crippen LogP contribution in [0.3, 0.4) is 0 Å². The van der Waals surface area contributed by atoms with Crippen LogP contribution in [0.1, 0.15) is 0 Å². The molecule has 0 aromatic heterocycles. The molecule has 0 spiro atoms. The molecule has 1 aliphatic rings. The Balaban J connectivity index is 1.64. The van der Waals surface area contributed by atoms with E-state index in [1.165, 1.54) is 0 Å². The zero-order valence-corrected chi connectivity index (χ0v) is 30.7. The number of urea groups is 1. The summed E-state index contributed by atoms with van der Waals surface area (Å²) in [6, 6.07) is 4.06. The number of hydrogen-bond acceptors (Lipinski definition) is 25. The molecule has 1 heterocycles. The van der Waals surface area contributed by atoms with Crippen LogP contribution >= 0.6 is 24.1 Å². The first-order chi connectivity index (χ1) is 27.3. The van der Waals surface area contributed by atoms with Crippen molar-refractivity contribution >= 4 is 107 Å². The SMILES string of the molecule is O=C1NC(=O)C(N=Nc2ccc(N=Nc3c(SOOO)cc4cc(S(=O)(=O)O)c(N=Nc5ccc([N+](=O)[O-])cc5SOOO)c(O)c4c3O)c(S(=O)(=O)O)c2)C(=O)N1. The van der Waals surface area contributed by atoms with Crippen LogP contribution in [0.4, 0.5) is 38.9 Å². The lowest BCUT2D eigenvalue weighted by molar-refractivity contribution is -0.432. The first-order valence-electron chi connectivity index (χ1n) is 14.5. The third-order valence-electron chi connectivity index (χ3n) is 6.99. The Hall–Kier alpha value is -6.17. The number of nitrogens with zero attached hydrogens (tertiary/aromatic N) is 7. The van der Waals surface area contributed by atoms with Gasteiger partial charge in [-0.3, -0.25) is 39.4 Å². The van der Waals surface area contributed by atoms with Crippen molar-refractivity contribution in [2.45, 2.75) is 25.6 Å². The van der Waals surface area contributed by atoms with Gasteiger partial charge in [0.1, 0.15) is 32.5 Å². The van der Waals surface area contributed by atoms with Gasteiger partial charge in [0.05, 0.1) is 49.9 Å². The molecule has 0 bridgehead atoms. The predicted octanol–water partition coefficient (Wildman–Crippen LogP) is 5.16. The first kappa shape index (κ1) is 43.0. The van der Waals surface area contributed by atoms with Crippen LogP contribution in [0.15, 0.2) is 98.8 Å². The lowest BCUT2D eigenvalue weighted by Crippen LogP contribution is -2.57. The summed E-state index contributed by atoms with van der Waals surface area (Å²) in [5.74, 6) is -4.58. The number of fused-ring (bicyclic) bond motifs is 1. The van der Waals surface area contributed by atoms with E-state index >= 15 is 0 Å². The van der Waals surface area contributed by atoms with Crippen LogP contribution in [-0.4, -0.2) is 75.5 Å². The van der Waals surface area contributed by atoms with Crippen LogP contribution in [0, 0.1) is 10.1 Å². The van der Waals surface area contributed by atoms with Gasteiger partial charge in [0, 0.05) is 12.1 Å². The summed E-state index contributed by atoms with van der Waals surface area (Å²) in [6.45, 7) is 0. The van der Waals surface area contributed by atoms with Gasteiger partial charge >= 0.3 is 6.03 Å². The highest BCUT2D eigenvalue weighted by atomic mass is 32.2. The monoisotopic (exact) mass is 887 g/mol. The number of nitro benzene ring substituents is 1. The fourth-order valence-corrected chi connectivity index (χ4v) is 6.85. The third kappa shape index (κ3) is 9.67. The standard InChI is InChI=1S/C26H17N9O19S4/c36-22-18-9(6-17(58(48,49)50)20(23(18)37)33-30-12-4-2-11(35(41)42)8-14(12)55-53-51-43)5-15(56-54-52-44)19(22)32-31-13-3-1-10(7-16(13)57(45,46)47)29-34-21-24(38)27-26(40)28-25(21)39/h1-8,21,36-37,43-44H,(H,45,46,47)(H,48,49,50)(H2,27,28,38,39,40). The van der Waals surface area contributed by atoms with Gasteiger partial charge in [-0.05, 0) is 41.8 Å². The molecule has 0 aliphatic carbocycles. The molecule has 1 aliphatic heterocycles. The van der Waals surface area contributed by atoms with Crippen LogP contribution < -0.4 is 10.6 Å². The van der Waals surface area contributed by atoms with Gasteiger partial charge in [0.2, 0.25) is 6.04 Å². The topological polar surface area (TPSA) is 419 Å². The molecular weight excluding hydrogens is 871 g/mol. The van der Waals surface area contributed by atoms with Gasteiger partial charge in [-0.2, -0.15) is 27.1 Å². The van der Waals surface area contributed by atoms with Crippen molar-refractivity contribution in [1.29, 1.82) is 0 Å². The minimum Gasteiger partial charge on any atom is -0.505 e. The number of non-ortho nitro benzene ring substituents is 1. The molecule has 304 valence electrons. The quantitative estimate of drug-likeness (QED) is 0.0145. The molecule has 0 atom stereocenters. The Labute approximate surface area is 328 Å². The van der Waals surface area contributed by atoms with E-state index in [9.17, 15) is 60.7 Å². The number of hydrogen-bond donors (Lipinski definition) is 8. The number of nitro groups is 1. The van der Waals surface area contributed by atoms with Crippen molar-refractivity contribution in [1.82, 2.24) is 10.6 Å². The number of aromatic hydroxyl groups is 2. The number of rotatable bonds is 15. The van der Waals surface area contributed by atoms with Crippen molar-refractivity contribution in [2.75, 3.05) is 0 Å². The molecule has 58 heavy (non-hydrogen) atoms.